The lowest BCUT2D eigenvalue weighted by Crippen LogP contribution is -2.43. The third-order valence-corrected chi connectivity index (χ3v) is 4.06. The van der Waals surface area contributed by atoms with E-state index >= 15 is 0 Å². The van der Waals surface area contributed by atoms with E-state index in [1.807, 2.05) is 0 Å². The Hall–Kier alpha value is -2.02. The molecule has 0 atom stereocenters. The molecule has 0 aromatic heterocycles. The summed E-state index contributed by atoms with van der Waals surface area (Å²) < 4.78 is 25.9. The standard InChI is InChI=1S/C16H20F2N2O3/c17-13-6-3-11(7-14(13)18)16(23)19-8-15(22)20-12-4-1-10(9-21)2-5-12/h3,6-7,10,12,21H,1-2,4-5,8-9H2,(H,19,23)(H,20,22). The Morgan fingerprint density at radius 3 is 2.43 bits per heavy atom. The number of hydrogen-bond acceptors (Lipinski definition) is 3. The van der Waals surface area contributed by atoms with Gasteiger partial charge in [-0.25, -0.2) is 8.78 Å². The van der Waals surface area contributed by atoms with Gasteiger partial charge in [0.05, 0.1) is 6.54 Å². The molecule has 3 N–H and O–H groups in total. The summed E-state index contributed by atoms with van der Waals surface area (Å²) in [6.45, 7) is -0.0529. The van der Waals surface area contributed by atoms with E-state index in [1.165, 1.54) is 0 Å². The van der Waals surface area contributed by atoms with Crippen molar-refractivity contribution in [1.82, 2.24) is 10.6 Å². The van der Waals surface area contributed by atoms with Gasteiger partial charge in [0, 0.05) is 18.2 Å². The Kier molecular flexibility index (Phi) is 6.04. The maximum atomic E-state index is 13.1. The van der Waals surface area contributed by atoms with E-state index < -0.39 is 17.5 Å². The summed E-state index contributed by atoms with van der Waals surface area (Å²) in [5.41, 5.74) is -0.0415. The topological polar surface area (TPSA) is 78.4 Å². The van der Waals surface area contributed by atoms with E-state index in [1.54, 1.807) is 0 Å². The van der Waals surface area contributed by atoms with E-state index in [2.05, 4.69) is 10.6 Å². The number of aliphatic hydroxyl groups excluding tert-OH is 1. The number of carbonyl (C=O) groups excluding carboxylic acids is 2. The zero-order valence-corrected chi connectivity index (χ0v) is 12.6. The molecule has 1 aromatic carbocycles. The van der Waals surface area contributed by atoms with E-state index in [4.69, 9.17) is 5.11 Å². The number of hydrogen-bond donors (Lipinski definition) is 3. The van der Waals surface area contributed by atoms with Crippen LogP contribution in [0, 0.1) is 17.6 Å². The Morgan fingerprint density at radius 2 is 1.83 bits per heavy atom. The minimum Gasteiger partial charge on any atom is -0.396 e. The van der Waals surface area contributed by atoms with Gasteiger partial charge >= 0.3 is 0 Å². The zero-order valence-electron chi connectivity index (χ0n) is 12.6. The quantitative estimate of drug-likeness (QED) is 0.764. The summed E-state index contributed by atoms with van der Waals surface area (Å²) >= 11 is 0. The van der Waals surface area contributed by atoms with Crippen LogP contribution in [-0.2, 0) is 4.79 Å². The fraction of sp³-hybridized carbons (Fsp3) is 0.500. The van der Waals surface area contributed by atoms with Gasteiger partial charge in [-0.15, -0.1) is 0 Å². The van der Waals surface area contributed by atoms with Crippen LogP contribution in [0.25, 0.3) is 0 Å². The fourth-order valence-electron chi connectivity index (χ4n) is 2.67. The molecule has 126 valence electrons. The fourth-order valence-corrected chi connectivity index (χ4v) is 2.67. The van der Waals surface area contributed by atoms with Crippen LogP contribution in [-0.4, -0.2) is 36.1 Å². The SMILES string of the molecule is O=C(CNC(=O)c1ccc(F)c(F)c1)NC1CCC(CO)CC1. The molecule has 0 spiro atoms. The number of nitrogens with one attached hydrogen (secondary N) is 2. The first-order valence-electron chi connectivity index (χ1n) is 7.63. The van der Waals surface area contributed by atoms with Gasteiger partial charge in [-0.1, -0.05) is 0 Å². The Bertz CT molecular complexity index is 572. The minimum absolute atomic E-state index is 0.0415. The van der Waals surface area contributed by atoms with E-state index in [9.17, 15) is 18.4 Å². The van der Waals surface area contributed by atoms with Crippen LogP contribution in [0.3, 0.4) is 0 Å². The number of benzene rings is 1. The highest BCUT2D eigenvalue weighted by Crippen LogP contribution is 2.23. The predicted molar refractivity (Wildman–Crippen MR) is 79.7 cm³/mol. The van der Waals surface area contributed by atoms with Crippen molar-refractivity contribution in [2.45, 2.75) is 31.7 Å². The van der Waals surface area contributed by atoms with Crippen molar-refractivity contribution in [2.75, 3.05) is 13.2 Å². The van der Waals surface area contributed by atoms with Crippen molar-refractivity contribution in [2.24, 2.45) is 5.92 Å². The van der Waals surface area contributed by atoms with Crippen LogP contribution in [0.5, 0.6) is 0 Å². The summed E-state index contributed by atoms with van der Waals surface area (Å²) in [4.78, 5) is 23.6. The molecule has 23 heavy (non-hydrogen) atoms. The van der Waals surface area contributed by atoms with Crippen molar-refractivity contribution >= 4 is 11.8 Å². The summed E-state index contributed by atoms with van der Waals surface area (Å²) in [7, 11) is 0. The average Bonchev–Trinajstić information content (AvgIpc) is 2.56. The molecule has 0 heterocycles. The van der Waals surface area contributed by atoms with Gasteiger partial charge in [0.1, 0.15) is 0 Å². The van der Waals surface area contributed by atoms with Crippen molar-refractivity contribution < 1.29 is 23.5 Å². The zero-order chi connectivity index (χ0) is 16.8. The summed E-state index contributed by atoms with van der Waals surface area (Å²) in [5, 5.41) is 14.3. The van der Waals surface area contributed by atoms with Crippen molar-refractivity contribution in [3.8, 4) is 0 Å². The molecule has 0 radical (unpaired) electrons. The van der Waals surface area contributed by atoms with Crippen molar-refractivity contribution in [3.63, 3.8) is 0 Å². The second-order valence-electron chi connectivity index (χ2n) is 5.78. The van der Waals surface area contributed by atoms with Crippen molar-refractivity contribution in [1.29, 1.82) is 0 Å². The Labute approximate surface area is 133 Å². The summed E-state index contributed by atoms with van der Waals surface area (Å²) in [6, 6.07) is 2.86. The lowest BCUT2D eigenvalue weighted by atomic mass is 9.86. The second-order valence-corrected chi connectivity index (χ2v) is 5.78. The molecule has 1 fully saturated rings. The first kappa shape index (κ1) is 17.3. The van der Waals surface area contributed by atoms with Crippen LogP contribution in [0.4, 0.5) is 8.78 Å². The maximum absolute atomic E-state index is 13.1. The Balaban J connectivity index is 1.75. The minimum atomic E-state index is -1.11. The molecule has 0 bridgehead atoms. The number of aliphatic hydroxyl groups is 1. The van der Waals surface area contributed by atoms with Crippen molar-refractivity contribution in [3.05, 3.63) is 35.4 Å². The molecule has 5 nitrogen and oxygen atoms in total. The third kappa shape index (κ3) is 4.99. The molecule has 0 aliphatic heterocycles. The number of rotatable bonds is 5. The van der Waals surface area contributed by atoms with Gasteiger partial charge in [-0.05, 0) is 49.8 Å². The maximum Gasteiger partial charge on any atom is 0.251 e. The second kappa shape index (κ2) is 8.01. The highest BCUT2D eigenvalue weighted by Gasteiger charge is 2.22. The number of carbonyl (C=O) groups is 2. The molecular formula is C16H20F2N2O3. The molecule has 1 aromatic rings. The molecule has 2 rings (SSSR count). The number of amides is 2. The van der Waals surface area contributed by atoms with Gasteiger partial charge in [0.25, 0.3) is 5.91 Å². The molecular weight excluding hydrogens is 306 g/mol. The van der Waals surface area contributed by atoms with Crippen LogP contribution < -0.4 is 10.6 Å². The lowest BCUT2D eigenvalue weighted by Gasteiger charge is -2.27. The van der Waals surface area contributed by atoms with Crippen LogP contribution in [0.15, 0.2) is 18.2 Å². The van der Waals surface area contributed by atoms with E-state index in [0.29, 0.717) is 5.92 Å². The normalized spacial score (nSPS) is 20.8. The van der Waals surface area contributed by atoms with Crippen LogP contribution in [0.2, 0.25) is 0 Å². The highest BCUT2D eigenvalue weighted by atomic mass is 19.2. The molecule has 1 aliphatic rings. The number of halogens is 2. The van der Waals surface area contributed by atoms with Gasteiger partial charge in [0.2, 0.25) is 5.91 Å². The lowest BCUT2D eigenvalue weighted by molar-refractivity contribution is -0.121. The summed E-state index contributed by atoms with van der Waals surface area (Å²) in [5.74, 6) is -2.80. The first-order chi connectivity index (χ1) is 11.0. The van der Waals surface area contributed by atoms with E-state index in [-0.39, 0.29) is 30.7 Å². The van der Waals surface area contributed by atoms with Crippen LogP contribution >= 0.6 is 0 Å². The molecule has 2 amide bonds. The monoisotopic (exact) mass is 326 g/mol. The van der Waals surface area contributed by atoms with Gasteiger partial charge in [-0.3, -0.25) is 9.59 Å². The molecule has 0 saturated heterocycles. The van der Waals surface area contributed by atoms with Gasteiger partial charge in [0.15, 0.2) is 11.6 Å². The molecule has 1 aliphatic carbocycles. The van der Waals surface area contributed by atoms with Gasteiger partial charge in [-0.2, -0.15) is 0 Å². The highest BCUT2D eigenvalue weighted by molar-refractivity contribution is 5.96. The third-order valence-electron chi connectivity index (χ3n) is 4.06. The van der Waals surface area contributed by atoms with E-state index in [0.717, 1.165) is 43.9 Å². The average molecular weight is 326 g/mol. The van der Waals surface area contributed by atoms with Gasteiger partial charge < -0.3 is 15.7 Å². The largest absolute Gasteiger partial charge is 0.396 e. The molecule has 1 saturated carbocycles. The first-order valence-corrected chi connectivity index (χ1v) is 7.63. The Morgan fingerprint density at radius 1 is 1.13 bits per heavy atom. The predicted octanol–water partition coefficient (Wildman–Crippen LogP) is 1.36. The van der Waals surface area contributed by atoms with Crippen LogP contribution in [0.1, 0.15) is 36.0 Å². The molecule has 7 heteroatoms. The molecule has 0 unspecified atom stereocenters. The summed E-state index contributed by atoms with van der Waals surface area (Å²) in [6.07, 6.45) is 3.33. The smallest absolute Gasteiger partial charge is 0.251 e.